The summed E-state index contributed by atoms with van der Waals surface area (Å²) in [5.41, 5.74) is -1.37. The molecule has 114 valence electrons. The average Bonchev–Trinajstić information content (AvgIpc) is 3.12. The van der Waals surface area contributed by atoms with Gasteiger partial charge in [-0.15, -0.1) is 0 Å². The first-order valence-electron chi connectivity index (χ1n) is 6.51. The number of sulfonamides is 1. The van der Waals surface area contributed by atoms with E-state index in [0.717, 1.165) is 22.5 Å². The highest BCUT2D eigenvalue weighted by Crippen LogP contribution is 2.56. The molecule has 0 spiro atoms. The van der Waals surface area contributed by atoms with E-state index in [4.69, 9.17) is 11.6 Å². The van der Waals surface area contributed by atoms with Crippen LogP contribution in [0, 0.1) is 11.7 Å². The van der Waals surface area contributed by atoms with Gasteiger partial charge in [-0.05, 0) is 43.4 Å². The first kappa shape index (κ1) is 14.7. The SMILES string of the molecule is O=C(O)[C@]12C[C@H]1CCCN2S(=O)(=O)c1cc(F)cc(Cl)c1. The standard InChI is InChI=1S/C13H13ClFNO4S/c14-9-4-10(15)6-11(5-9)21(19,20)16-3-1-2-8-7-13(8,16)12(17)18/h4-6,8H,1-3,7H2,(H,17,18)/t8-,13+/m1/s1. The smallest absolute Gasteiger partial charge is 0.325 e. The number of benzene rings is 1. The molecule has 1 aliphatic heterocycles. The number of fused-ring (bicyclic) bond motifs is 1. The molecule has 0 unspecified atom stereocenters. The molecule has 1 aromatic rings. The van der Waals surface area contributed by atoms with Crippen LogP contribution in [0.5, 0.6) is 0 Å². The lowest BCUT2D eigenvalue weighted by atomic mass is 10.1. The molecule has 21 heavy (non-hydrogen) atoms. The maximum absolute atomic E-state index is 13.4. The van der Waals surface area contributed by atoms with Crippen molar-refractivity contribution in [2.75, 3.05) is 6.54 Å². The molecular weight excluding hydrogens is 321 g/mol. The molecule has 1 N–H and O–H groups in total. The van der Waals surface area contributed by atoms with Gasteiger partial charge >= 0.3 is 5.97 Å². The lowest BCUT2D eigenvalue weighted by Crippen LogP contribution is -2.51. The average molecular weight is 334 g/mol. The van der Waals surface area contributed by atoms with Crippen LogP contribution in [0.4, 0.5) is 4.39 Å². The second-order valence-corrected chi connectivity index (χ2v) is 7.75. The van der Waals surface area contributed by atoms with Crippen LogP contribution in [0.2, 0.25) is 5.02 Å². The molecule has 2 atom stereocenters. The van der Waals surface area contributed by atoms with E-state index >= 15 is 0 Å². The van der Waals surface area contributed by atoms with Gasteiger partial charge in [-0.3, -0.25) is 4.79 Å². The normalized spacial score (nSPS) is 29.0. The molecule has 3 rings (SSSR count). The summed E-state index contributed by atoms with van der Waals surface area (Å²) in [6.45, 7) is 0.124. The molecular formula is C13H13ClFNO4S. The summed E-state index contributed by atoms with van der Waals surface area (Å²) < 4.78 is 39.8. The second kappa shape index (κ2) is 4.66. The minimum atomic E-state index is -4.09. The van der Waals surface area contributed by atoms with Gasteiger partial charge in [0.05, 0.1) is 4.90 Å². The van der Waals surface area contributed by atoms with E-state index in [9.17, 15) is 22.7 Å². The van der Waals surface area contributed by atoms with E-state index in [1.807, 2.05) is 0 Å². The van der Waals surface area contributed by atoms with Crippen molar-refractivity contribution in [1.29, 1.82) is 0 Å². The minimum Gasteiger partial charge on any atom is -0.480 e. The number of hydrogen-bond donors (Lipinski definition) is 1. The maximum Gasteiger partial charge on any atom is 0.325 e. The number of carbonyl (C=O) groups is 1. The zero-order valence-corrected chi connectivity index (χ0v) is 12.5. The van der Waals surface area contributed by atoms with Crippen molar-refractivity contribution in [3.63, 3.8) is 0 Å². The number of hydrogen-bond acceptors (Lipinski definition) is 3. The third kappa shape index (κ3) is 2.15. The molecule has 2 fully saturated rings. The Morgan fingerprint density at radius 3 is 2.76 bits per heavy atom. The van der Waals surface area contributed by atoms with Gasteiger partial charge < -0.3 is 5.11 Å². The van der Waals surface area contributed by atoms with E-state index < -0.39 is 27.3 Å². The molecule has 0 amide bonds. The lowest BCUT2D eigenvalue weighted by molar-refractivity contribution is -0.144. The van der Waals surface area contributed by atoms with Gasteiger partial charge in [0.2, 0.25) is 10.0 Å². The van der Waals surface area contributed by atoms with Crippen LogP contribution in [-0.4, -0.2) is 35.9 Å². The highest BCUT2D eigenvalue weighted by molar-refractivity contribution is 7.89. The van der Waals surface area contributed by atoms with Crippen LogP contribution in [0.25, 0.3) is 0 Å². The summed E-state index contributed by atoms with van der Waals surface area (Å²) in [5.74, 6) is -2.07. The van der Waals surface area contributed by atoms with E-state index in [2.05, 4.69) is 0 Å². The van der Waals surface area contributed by atoms with Crippen LogP contribution in [0.1, 0.15) is 19.3 Å². The number of rotatable bonds is 3. The summed E-state index contributed by atoms with van der Waals surface area (Å²) in [6, 6.07) is 3.01. The maximum atomic E-state index is 13.4. The fourth-order valence-corrected chi connectivity index (χ4v) is 5.33. The van der Waals surface area contributed by atoms with Gasteiger partial charge in [0, 0.05) is 11.6 Å². The summed E-state index contributed by atoms with van der Waals surface area (Å²) in [6.07, 6.45) is 1.61. The molecule has 0 radical (unpaired) electrons. The third-order valence-electron chi connectivity index (χ3n) is 4.23. The Morgan fingerprint density at radius 2 is 2.14 bits per heavy atom. The van der Waals surface area contributed by atoms with Gasteiger partial charge in [0.15, 0.2) is 0 Å². The third-order valence-corrected chi connectivity index (χ3v) is 6.36. The van der Waals surface area contributed by atoms with Crippen molar-refractivity contribution in [2.45, 2.75) is 29.7 Å². The molecule has 1 heterocycles. The highest BCUT2D eigenvalue weighted by Gasteiger charge is 2.68. The molecule has 5 nitrogen and oxygen atoms in total. The van der Waals surface area contributed by atoms with Crippen LogP contribution < -0.4 is 0 Å². The molecule has 0 bridgehead atoms. The Bertz CT molecular complexity index is 703. The van der Waals surface area contributed by atoms with Gasteiger partial charge in [-0.25, -0.2) is 12.8 Å². The Balaban J connectivity index is 2.07. The Morgan fingerprint density at radius 1 is 1.43 bits per heavy atom. The topological polar surface area (TPSA) is 74.7 Å². The van der Waals surface area contributed by atoms with Crippen LogP contribution in [-0.2, 0) is 14.8 Å². The van der Waals surface area contributed by atoms with Gasteiger partial charge in [0.1, 0.15) is 11.4 Å². The van der Waals surface area contributed by atoms with E-state index in [-0.39, 0.29) is 22.4 Å². The van der Waals surface area contributed by atoms with Gasteiger partial charge in [-0.2, -0.15) is 4.31 Å². The lowest BCUT2D eigenvalue weighted by Gasteiger charge is -2.32. The number of carboxylic acids is 1. The summed E-state index contributed by atoms with van der Waals surface area (Å²) >= 11 is 5.70. The van der Waals surface area contributed by atoms with Gasteiger partial charge in [0.25, 0.3) is 0 Å². The van der Waals surface area contributed by atoms with Gasteiger partial charge in [-0.1, -0.05) is 11.6 Å². The molecule has 1 aromatic carbocycles. The van der Waals surface area contributed by atoms with Crippen molar-refractivity contribution in [3.8, 4) is 0 Å². The summed E-state index contributed by atoms with van der Waals surface area (Å²) in [5, 5.41) is 9.38. The van der Waals surface area contributed by atoms with Crippen molar-refractivity contribution in [3.05, 3.63) is 29.0 Å². The molecule has 1 saturated carbocycles. The summed E-state index contributed by atoms with van der Waals surface area (Å²) in [4.78, 5) is 11.2. The molecule has 1 saturated heterocycles. The predicted octanol–water partition coefficient (Wildman–Crippen LogP) is 2.11. The fraction of sp³-hybridized carbons (Fsp3) is 0.462. The predicted molar refractivity (Wildman–Crippen MR) is 73.0 cm³/mol. The summed E-state index contributed by atoms with van der Waals surface area (Å²) in [7, 11) is -4.09. The highest BCUT2D eigenvalue weighted by atomic mass is 35.5. The van der Waals surface area contributed by atoms with E-state index in [0.29, 0.717) is 19.3 Å². The molecule has 2 aliphatic rings. The fourth-order valence-electron chi connectivity index (χ4n) is 3.15. The molecule has 8 heteroatoms. The number of halogens is 2. The largest absolute Gasteiger partial charge is 0.480 e. The monoisotopic (exact) mass is 333 g/mol. The quantitative estimate of drug-likeness (QED) is 0.919. The second-order valence-electron chi connectivity index (χ2n) is 5.46. The van der Waals surface area contributed by atoms with Crippen LogP contribution in [0.15, 0.2) is 23.1 Å². The molecule has 0 aromatic heterocycles. The Labute approximate surface area is 126 Å². The first-order valence-corrected chi connectivity index (χ1v) is 8.32. The van der Waals surface area contributed by atoms with Crippen LogP contribution in [0.3, 0.4) is 0 Å². The van der Waals surface area contributed by atoms with Crippen molar-refractivity contribution in [2.24, 2.45) is 5.92 Å². The molecule has 1 aliphatic carbocycles. The number of nitrogens with zero attached hydrogens (tertiary/aromatic N) is 1. The van der Waals surface area contributed by atoms with E-state index in [1.54, 1.807) is 0 Å². The zero-order chi connectivity index (χ0) is 15.4. The number of aliphatic carboxylic acids is 1. The Kier molecular flexibility index (Phi) is 3.27. The van der Waals surface area contributed by atoms with Crippen molar-refractivity contribution in [1.82, 2.24) is 4.31 Å². The van der Waals surface area contributed by atoms with Crippen molar-refractivity contribution < 1.29 is 22.7 Å². The number of carboxylic acid groups (broad SMARTS) is 1. The minimum absolute atomic E-state index is 0.0395. The van der Waals surface area contributed by atoms with Crippen LogP contribution >= 0.6 is 11.6 Å². The Hall–Kier alpha value is -1.18. The number of piperidine rings is 1. The first-order chi connectivity index (χ1) is 9.78. The zero-order valence-electron chi connectivity index (χ0n) is 10.9. The van der Waals surface area contributed by atoms with E-state index in [1.165, 1.54) is 0 Å². The van der Waals surface area contributed by atoms with Crippen molar-refractivity contribution >= 4 is 27.6 Å².